The van der Waals surface area contributed by atoms with Gasteiger partial charge in [0.1, 0.15) is 6.54 Å². The van der Waals surface area contributed by atoms with E-state index in [1.165, 1.54) is 11.8 Å². The van der Waals surface area contributed by atoms with Crippen LogP contribution in [0.3, 0.4) is 0 Å². The number of nitrogens with zero attached hydrogens (tertiary/aromatic N) is 2. The second-order valence-corrected chi connectivity index (χ2v) is 8.57. The summed E-state index contributed by atoms with van der Waals surface area (Å²) in [6, 6.07) is 11.9. The SMILES string of the molecule is CS(=O)(=O)N(CC(=O)NCCSc1ccccn1)c1ccc(Cl)cc1. The van der Waals surface area contributed by atoms with Gasteiger partial charge < -0.3 is 5.32 Å². The molecule has 0 saturated carbocycles. The highest BCUT2D eigenvalue weighted by atomic mass is 35.5. The highest BCUT2D eigenvalue weighted by Crippen LogP contribution is 2.20. The van der Waals surface area contributed by atoms with Crippen LogP contribution in [-0.4, -0.2) is 44.4 Å². The Balaban J connectivity index is 1.88. The first kappa shape index (κ1) is 19.6. The fourth-order valence-corrected chi connectivity index (χ4v) is 3.68. The lowest BCUT2D eigenvalue weighted by molar-refractivity contribution is -0.119. The van der Waals surface area contributed by atoms with E-state index in [1.807, 2.05) is 18.2 Å². The van der Waals surface area contributed by atoms with Gasteiger partial charge in [-0.05, 0) is 36.4 Å². The number of aromatic nitrogens is 1. The highest BCUT2D eigenvalue weighted by Gasteiger charge is 2.20. The summed E-state index contributed by atoms with van der Waals surface area (Å²) in [4.78, 5) is 16.3. The van der Waals surface area contributed by atoms with Crippen molar-refractivity contribution in [2.24, 2.45) is 0 Å². The van der Waals surface area contributed by atoms with Crippen molar-refractivity contribution in [2.75, 3.05) is 29.4 Å². The van der Waals surface area contributed by atoms with Gasteiger partial charge in [-0.2, -0.15) is 0 Å². The summed E-state index contributed by atoms with van der Waals surface area (Å²) < 4.78 is 25.0. The molecule has 0 aliphatic heterocycles. The molecular formula is C16H18ClN3O3S2. The van der Waals surface area contributed by atoms with E-state index in [0.717, 1.165) is 15.6 Å². The van der Waals surface area contributed by atoms with Crippen molar-refractivity contribution in [1.29, 1.82) is 0 Å². The molecule has 0 bridgehead atoms. The zero-order chi connectivity index (χ0) is 18.3. The molecule has 134 valence electrons. The van der Waals surface area contributed by atoms with Gasteiger partial charge >= 0.3 is 0 Å². The quantitative estimate of drug-likeness (QED) is 0.544. The molecule has 1 aromatic carbocycles. The Bertz CT molecular complexity index is 799. The maximum atomic E-state index is 12.1. The van der Waals surface area contributed by atoms with Crippen LogP contribution in [0.5, 0.6) is 0 Å². The van der Waals surface area contributed by atoms with E-state index in [-0.39, 0.29) is 12.5 Å². The van der Waals surface area contributed by atoms with Crippen molar-refractivity contribution < 1.29 is 13.2 Å². The second-order valence-electron chi connectivity index (χ2n) is 5.11. The van der Waals surface area contributed by atoms with Crippen LogP contribution in [-0.2, 0) is 14.8 Å². The predicted molar refractivity (Wildman–Crippen MR) is 102 cm³/mol. The Hall–Kier alpha value is -1.77. The molecule has 0 aliphatic rings. The topological polar surface area (TPSA) is 79.4 Å². The van der Waals surface area contributed by atoms with Crippen molar-refractivity contribution in [3.63, 3.8) is 0 Å². The summed E-state index contributed by atoms with van der Waals surface area (Å²) >= 11 is 7.33. The molecule has 0 aliphatic carbocycles. The van der Waals surface area contributed by atoms with Crippen molar-refractivity contribution in [1.82, 2.24) is 10.3 Å². The predicted octanol–water partition coefficient (Wildman–Crippen LogP) is 2.41. The zero-order valence-corrected chi connectivity index (χ0v) is 15.9. The Kier molecular flexibility index (Phi) is 7.10. The number of hydrogen-bond donors (Lipinski definition) is 1. The number of rotatable bonds is 8. The van der Waals surface area contributed by atoms with Crippen molar-refractivity contribution in [3.05, 3.63) is 53.7 Å². The molecule has 1 N–H and O–H groups in total. The normalized spacial score (nSPS) is 11.1. The third kappa shape index (κ3) is 6.56. The van der Waals surface area contributed by atoms with Crippen LogP contribution in [0.4, 0.5) is 5.69 Å². The average Bonchev–Trinajstić information content (AvgIpc) is 2.57. The molecule has 0 spiro atoms. The first-order valence-electron chi connectivity index (χ1n) is 7.40. The number of carbonyl (C=O) groups is 1. The lowest BCUT2D eigenvalue weighted by Gasteiger charge is -2.21. The molecule has 2 rings (SSSR count). The molecule has 9 heteroatoms. The monoisotopic (exact) mass is 399 g/mol. The second kappa shape index (κ2) is 9.07. The van der Waals surface area contributed by atoms with Gasteiger partial charge in [0.05, 0.1) is 17.0 Å². The molecule has 0 radical (unpaired) electrons. The number of nitrogens with one attached hydrogen (secondary N) is 1. The molecule has 1 amide bonds. The molecule has 0 saturated heterocycles. The summed E-state index contributed by atoms with van der Waals surface area (Å²) in [5.41, 5.74) is 0.393. The van der Waals surface area contributed by atoms with Crippen molar-refractivity contribution in [2.45, 2.75) is 5.03 Å². The Morgan fingerprint density at radius 2 is 1.96 bits per heavy atom. The smallest absolute Gasteiger partial charge is 0.240 e. The fraction of sp³-hybridized carbons (Fsp3) is 0.250. The number of anilines is 1. The van der Waals surface area contributed by atoms with Gasteiger partial charge in [0.15, 0.2) is 0 Å². The number of pyridine rings is 1. The number of carbonyl (C=O) groups excluding carboxylic acids is 1. The highest BCUT2D eigenvalue weighted by molar-refractivity contribution is 7.99. The van der Waals surface area contributed by atoms with Crippen LogP contribution in [0, 0.1) is 0 Å². The first-order chi connectivity index (χ1) is 11.9. The van der Waals surface area contributed by atoms with Gasteiger partial charge in [-0.3, -0.25) is 9.10 Å². The van der Waals surface area contributed by atoms with Crippen molar-refractivity contribution in [3.8, 4) is 0 Å². The van der Waals surface area contributed by atoms with Crippen molar-refractivity contribution >= 4 is 45.0 Å². The van der Waals surface area contributed by atoms with Gasteiger partial charge in [-0.15, -0.1) is 11.8 Å². The molecule has 1 heterocycles. The maximum absolute atomic E-state index is 12.1. The van der Waals surface area contributed by atoms with Crippen LogP contribution < -0.4 is 9.62 Å². The Morgan fingerprint density at radius 3 is 2.56 bits per heavy atom. The number of hydrogen-bond acceptors (Lipinski definition) is 5. The Morgan fingerprint density at radius 1 is 1.24 bits per heavy atom. The molecule has 1 aromatic heterocycles. The van der Waals surface area contributed by atoms with Crippen LogP contribution in [0.1, 0.15) is 0 Å². The van der Waals surface area contributed by atoms with E-state index in [9.17, 15) is 13.2 Å². The van der Waals surface area contributed by atoms with Crippen LogP contribution in [0.25, 0.3) is 0 Å². The van der Waals surface area contributed by atoms with Crippen LogP contribution in [0.2, 0.25) is 5.02 Å². The van der Waals surface area contributed by atoms with E-state index in [0.29, 0.717) is 23.0 Å². The third-order valence-electron chi connectivity index (χ3n) is 3.11. The first-order valence-corrected chi connectivity index (χ1v) is 10.6. The van der Waals surface area contributed by atoms with Crippen LogP contribution in [0.15, 0.2) is 53.7 Å². The molecule has 25 heavy (non-hydrogen) atoms. The minimum atomic E-state index is -3.59. The van der Waals surface area contributed by atoms with Gasteiger partial charge in [-0.25, -0.2) is 13.4 Å². The number of thioether (sulfide) groups is 1. The maximum Gasteiger partial charge on any atom is 0.240 e. The largest absolute Gasteiger partial charge is 0.354 e. The molecule has 0 unspecified atom stereocenters. The zero-order valence-electron chi connectivity index (χ0n) is 13.6. The van der Waals surface area contributed by atoms with E-state index >= 15 is 0 Å². The summed E-state index contributed by atoms with van der Waals surface area (Å²) in [5.74, 6) is 0.268. The molecular weight excluding hydrogens is 382 g/mol. The molecule has 0 atom stereocenters. The van der Waals surface area contributed by atoms with Gasteiger partial charge in [0.2, 0.25) is 15.9 Å². The van der Waals surface area contributed by atoms with E-state index in [1.54, 1.807) is 30.5 Å². The summed E-state index contributed by atoms with van der Waals surface area (Å²) in [7, 11) is -3.59. The summed E-state index contributed by atoms with van der Waals surface area (Å²) in [6.45, 7) is 0.132. The molecule has 2 aromatic rings. The van der Waals surface area contributed by atoms with E-state index < -0.39 is 10.0 Å². The average molecular weight is 400 g/mol. The standard InChI is InChI=1S/C16H18ClN3O3S2/c1-25(22,23)20(14-7-5-13(17)6-8-14)12-15(21)18-10-11-24-16-4-2-3-9-19-16/h2-9H,10-12H2,1H3,(H,18,21). The summed E-state index contributed by atoms with van der Waals surface area (Å²) in [6.07, 6.45) is 2.77. The minimum Gasteiger partial charge on any atom is -0.354 e. The summed E-state index contributed by atoms with van der Waals surface area (Å²) in [5, 5.41) is 4.08. The van der Waals surface area contributed by atoms with E-state index in [4.69, 9.17) is 11.6 Å². The number of benzene rings is 1. The fourth-order valence-electron chi connectivity index (χ4n) is 1.97. The van der Waals surface area contributed by atoms with E-state index in [2.05, 4.69) is 10.3 Å². The van der Waals surface area contributed by atoms with Gasteiger partial charge in [-0.1, -0.05) is 17.7 Å². The number of sulfonamides is 1. The third-order valence-corrected chi connectivity index (χ3v) is 5.45. The van der Waals surface area contributed by atoms with Gasteiger partial charge in [0.25, 0.3) is 0 Å². The lowest BCUT2D eigenvalue weighted by Crippen LogP contribution is -2.41. The number of halogens is 1. The number of amides is 1. The molecule has 0 fully saturated rings. The lowest BCUT2D eigenvalue weighted by atomic mass is 10.3. The van der Waals surface area contributed by atoms with Gasteiger partial charge in [0, 0.05) is 23.5 Å². The Labute approximate surface area is 156 Å². The minimum absolute atomic E-state index is 0.283. The molecule has 6 nitrogen and oxygen atoms in total. The van der Waals surface area contributed by atoms with Crippen LogP contribution >= 0.6 is 23.4 Å².